The van der Waals surface area contributed by atoms with Gasteiger partial charge < -0.3 is 15.1 Å². The van der Waals surface area contributed by atoms with E-state index in [2.05, 4.69) is 30.1 Å². The van der Waals surface area contributed by atoms with Crippen LogP contribution >= 0.6 is 0 Å². The number of amides is 1. The van der Waals surface area contributed by atoms with Gasteiger partial charge in [0.2, 0.25) is 11.9 Å². The summed E-state index contributed by atoms with van der Waals surface area (Å²) in [6.07, 6.45) is 6.77. The lowest BCUT2D eigenvalue weighted by Crippen LogP contribution is -2.47. The van der Waals surface area contributed by atoms with Crippen molar-refractivity contribution in [3.05, 3.63) is 48.2 Å². The number of allylic oxidation sites excluding steroid dienone is 1. The Labute approximate surface area is 150 Å². The van der Waals surface area contributed by atoms with E-state index in [1.54, 1.807) is 30.7 Å². The molecule has 2 aliphatic heterocycles. The molecule has 1 N–H and O–H groups in total. The van der Waals surface area contributed by atoms with Gasteiger partial charge in [-0.25, -0.2) is 9.97 Å². The molecule has 0 radical (unpaired) electrons. The van der Waals surface area contributed by atoms with Crippen molar-refractivity contribution in [3.63, 3.8) is 0 Å². The minimum atomic E-state index is -0.275. The summed E-state index contributed by atoms with van der Waals surface area (Å²) in [5, 5.41) is 2.56. The molecule has 2 aromatic heterocycles. The average Bonchev–Trinajstić information content (AvgIpc) is 3.00. The summed E-state index contributed by atoms with van der Waals surface area (Å²) in [7, 11) is 0. The molecular weight excluding hydrogens is 332 g/mol. The number of carbonyl (C=O) groups is 2. The standard InChI is InChI=1S/C18H18N6O2/c25-16-12-17(26)22-15(16)11-13-1-6-20-18(21-13)24-9-7-23(8-10-24)14-2-4-19-5-3-14/h1-6,11H,7-10,12H2,(H,22,26)/b15-11-. The zero-order valence-electron chi connectivity index (χ0n) is 14.1. The van der Waals surface area contributed by atoms with Gasteiger partial charge in [-0.2, -0.15) is 0 Å². The van der Waals surface area contributed by atoms with E-state index in [4.69, 9.17) is 0 Å². The largest absolute Gasteiger partial charge is 0.368 e. The van der Waals surface area contributed by atoms with E-state index in [0.29, 0.717) is 17.3 Å². The van der Waals surface area contributed by atoms with Crippen LogP contribution in [0.2, 0.25) is 0 Å². The van der Waals surface area contributed by atoms with Crippen LogP contribution in [0.15, 0.2) is 42.5 Å². The molecule has 0 atom stereocenters. The fraction of sp³-hybridized carbons (Fsp3) is 0.278. The van der Waals surface area contributed by atoms with E-state index in [9.17, 15) is 9.59 Å². The summed E-state index contributed by atoms with van der Waals surface area (Å²) < 4.78 is 0. The molecule has 2 aromatic rings. The number of carbonyl (C=O) groups excluding carboxylic acids is 2. The Hall–Kier alpha value is -3.29. The second-order valence-electron chi connectivity index (χ2n) is 6.17. The summed E-state index contributed by atoms with van der Waals surface area (Å²) in [6.45, 7) is 3.34. The summed E-state index contributed by atoms with van der Waals surface area (Å²) >= 11 is 0. The molecule has 0 unspecified atom stereocenters. The summed E-state index contributed by atoms with van der Waals surface area (Å²) in [5.41, 5.74) is 2.06. The Morgan fingerprint density at radius 1 is 0.962 bits per heavy atom. The monoisotopic (exact) mass is 350 g/mol. The fourth-order valence-electron chi connectivity index (χ4n) is 3.08. The third-order valence-corrected chi connectivity index (χ3v) is 4.44. The highest BCUT2D eigenvalue weighted by Crippen LogP contribution is 2.18. The molecule has 8 nitrogen and oxygen atoms in total. The third kappa shape index (κ3) is 3.39. The first-order valence-corrected chi connectivity index (χ1v) is 8.47. The lowest BCUT2D eigenvalue weighted by molar-refractivity contribution is -0.121. The number of ketones is 1. The van der Waals surface area contributed by atoms with E-state index in [1.807, 2.05) is 12.1 Å². The Bertz CT molecular complexity index is 859. The van der Waals surface area contributed by atoms with Crippen LogP contribution in [-0.2, 0) is 9.59 Å². The topological polar surface area (TPSA) is 91.3 Å². The fourth-order valence-corrected chi connectivity index (χ4v) is 3.08. The van der Waals surface area contributed by atoms with E-state index in [1.165, 1.54) is 0 Å². The van der Waals surface area contributed by atoms with Crippen LogP contribution in [0.25, 0.3) is 6.08 Å². The van der Waals surface area contributed by atoms with Gasteiger partial charge >= 0.3 is 0 Å². The Balaban J connectivity index is 1.45. The second kappa shape index (κ2) is 6.91. The highest BCUT2D eigenvalue weighted by Gasteiger charge is 2.24. The van der Waals surface area contributed by atoms with Gasteiger partial charge in [-0.3, -0.25) is 14.6 Å². The van der Waals surface area contributed by atoms with Crippen molar-refractivity contribution in [1.82, 2.24) is 20.3 Å². The summed E-state index contributed by atoms with van der Waals surface area (Å²) in [5.74, 6) is 0.148. The van der Waals surface area contributed by atoms with Gasteiger partial charge in [-0.1, -0.05) is 0 Å². The molecule has 0 saturated carbocycles. The Morgan fingerprint density at radius 3 is 2.38 bits per heavy atom. The van der Waals surface area contributed by atoms with Crippen molar-refractivity contribution < 1.29 is 9.59 Å². The van der Waals surface area contributed by atoms with Gasteiger partial charge in [-0.05, 0) is 24.3 Å². The lowest BCUT2D eigenvalue weighted by Gasteiger charge is -2.36. The van der Waals surface area contributed by atoms with Crippen molar-refractivity contribution in [3.8, 4) is 0 Å². The van der Waals surface area contributed by atoms with Gasteiger partial charge in [0.1, 0.15) is 0 Å². The predicted octanol–water partition coefficient (Wildman–Crippen LogP) is 0.628. The molecule has 0 spiro atoms. The number of pyridine rings is 1. The highest BCUT2D eigenvalue weighted by molar-refractivity contribution is 6.16. The van der Waals surface area contributed by atoms with E-state index in [-0.39, 0.29) is 18.1 Å². The molecule has 26 heavy (non-hydrogen) atoms. The average molecular weight is 350 g/mol. The van der Waals surface area contributed by atoms with Crippen LogP contribution in [0, 0.1) is 0 Å². The van der Waals surface area contributed by atoms with Gasteiger partial charge in [0.25, 0.3) is 0 Å². The minimum Gasteiger partial charge on any atom is -0.368 e. The molecule has 1 amide bonds. The molecule has 132 valence electrons. The van der Waals surface area contributed by atoms with E-state index in [0.717, 1.165) is 31.9 Å². The number of aromatic nitrogens is 3. The van der Waals surface area contributed by atoms with Crippen molar-refractivity contribution >= 4 is 29.4 Å². The Morgan fingerprint density at radius 2 is 1.69 bits per heavy atom. The summed E-state index contributed by atoms with van der Waals surface area (Å²) in [4.78, 5) is 40.4. The molecule has 2 fully saturated rings. The third-order valence-electron chi connectivity index (χ3n) is 4.44. The number of piperazine rings is 1. The molecule has 4 heterocycles. The molecule has 0 aliphatic carbocycles. The number of anilines is 2. The van der Waals surface area contributed by atoms with Crippen molar-refractivity contribution in [2.75, 3.05) is 36.0 Å². The first kappa shape index (κ1) is 16.2. The number of rotatable bonds is 3. The van der Waals surface area contributed by atoms with Gasteiger partial charge in [0.15, 0.2) is 5.78 Å². The number of hydrogen-bond donors (Lipinski definition) is 1. The smallest absolute Gasteiger partial charge is 0.232 e. The minimum absolute atomic E-state index is 0.0965. The quantitative estimate of drug-likeness (QED) is 0.641. The zero-order chi connectivity index (χ0) is 17.9. The van der Waals surface area contributed by atoms with Crippen LogP contribution < -0.4 is 15.1 Å². The maximum Gasteiger partial charge on any atom is 0.232 e. The number of Topliss-reactive ketones (excluding diaryl/α,β-unsaturated/α-hetero) is 1. The second-order valence-corrected chi connectivity index (χ2v) is 6.17. The molecule has 0 aromatic carbocycles. The maximum absolute atomic E-state index is 11.7. The molecule has 2 aliphatic rings. The first-order valence-electron chi connectivity index (χ1n) is 8.47. The number of nitrogens with zero attached hydrogens (tertiary/aromatic N) is 5. The summed E-state index contributed by atoms with van der Waals surface area (Å²) in [6, 6.07) is 5.74. The Kier molecular flexibility index (Phi) is 4.30. The maximum atomic E-state index is 11.7. The molecular formula is C18H18N6O2. The lowest BCUT2D eigenvalue weighted by atomic mass is 10.2. The van der Waals surface area contributed by atoms with Crippen LogP contribution in [0.4, 0.5) is 11.6 Å². The molecule has 8 heteroatoms. The van der Waals surface area contributed by atoms with E-state index < -0.39 is 0 Å². The molecule has 2 saturated heterocycles. The van der Waals surface area contributed by atoms with Crippen molar-refractivity contribution in [1.29, 1.82) is 0 Å². The first-order chi connectivity index (χ1) is 12.7. The predicted molar refractivity (Wildman–Crippen MR) is 96.4 cm³/mol. The van der Waals surface area contributed by atoms with E-state index >= 15 is 0 Å². The van der Waals surface area contributed by atoms with Crippen LogP contribution in [0.3, 0.4) is 0 Å². The van der Waals surface area contributed by atoms with Crippen molar-refractivity contribution in [2.24, 2.45) is 0 Å². The highest BCUT2D eigenvalue weighted by atomic mass is 16.2. The van der Waals surface area contributed by atoms with Gasteiger partial charge in [-0.15, -0.1) is 0 Å². The van der Waals surface area contributed by atoms with Crippen LogP contribution in [0.5, 0.6) is 0 Å². The normalized spacial score (nSPS) is 19.2. The number of hydrogen-bond acceptors (Lipinski definition) is 7. The van der Waals surface area contributed by atoms with Crippen LogP contribution in [0.1, 0.15) is 12.1 Å². The number of nitrogens with one attached hydrogen (secondary N) is 1. The van der Waals surface area contributed by atoms with Gasteiger partial charge in [0, 0.05) is 50.5 Å². The van der Waals surface area contributed by atoms with Gasteiger partial charge in [0.05, 0.1) is 17.8 Å². The molecule has 0 bridgehead atoms. The van der Waals surface area contributed by atoms with Crippen molar-refractivity contribution in [2.45, 2.75) is 6.42 Å². The SMILES string of the molecule is O=C1CC(=O)/C(=C/c2ccnc(N3CCN(c4ccncc4)CC3)n2)N1. The zero-order valence-corrected chi connectivity index (χ0v) is 14.1. The van der Waals surface area contributed by atoms with Crippen LogP contribution in [-0.4, -0.2) is 52.8 Å². The molecule has 4 rings (SSSR count).